The van der Waals surface area contributed by atoms with E-state index in [1.54, 1.807) is 0 Å². The average molecular weight is 352 g/mol. The van der Waals surface area contributed by atoms with Crippen molar-refractivity contribution >= 4 is 33.1 Å². The molecule has 2 atom stereocenters. The van der Waals surface area contributed by atoms with Crippen LogP contribution in [0, 0.1) is 13.8 Å². The van der Waals surface area contributed by atoms with Gasteiger partial charge in [0.25, 0.3) is 0 Å². The molecule has 0 bridgehead atoms. The fourth-order valence-electron chi connectivity index (χ4n) is 2.70. The lowest BCUT2D eigenvalue weighted by Crippen LogP contribution is -2.13. The molecule has 3 aromatic rings. The first-order valence-electron chi connectivity index (χ1n) is 8.08. The number of hydrogen-bond donors (Lipinski definition) is 1. The predicted octanol–water partition coefficient (Wildman–Crippen LogP) is 4.14. The zero-order chi connectivity index (χ0) is 16.9. The van der Waals surface area contributed by atoms with Crippen LogP contribution in [0.2, 0.25) is 0 Å². The van der Waals surface area contributed by atoms with Gasteiger partial charge in [-0.05, 0) is 47.3 Å². The predicted molar refractivity (Wildman–Crippen MR) is 110 cm³/mol. The summed E-state index contributed by atoms with van der Waals surface area (Å²) < 4.78 is 0. The van der Waals surface area contributed by atoms with Gasteiger partial charge in [0.15, 0.2) is 0 Å². The third-order valence-corrected chi connectivity index (χ3v) is 7.05. The van der Waals surface area contributed by atoms with E-state index in [0.717, 1.165) is 25.6 Å². The van der Waals surface area contributed by atoms with Gasteiger partial charge in [0.1, 0.15) is 5.75 Å². The zero-order valence-corrected chi connectivity index (χ0v) is 16.0. The van der Waals surface area contributed by atoms with Crippen LogP contribution in [0.1, 0.15) is 16.7 Å². The Balaban J connectivity index is 1.86. The van der Waals surface area contributed by atoms with E-state index in [4.69, 9.17) is 0 Å². The summed E-state index contributed by atoms with van der Waals surface area (Å²) in [5.41, 5.74) is 3.65. The smallest absolute Gasteiger partial charge is 0.126 e. The molecule has 0 aliphatic carbocycles. The van der Waals surface area contributed by atoms with Crippen molar-refractivity contribution in [3.05, 3.63) is 83.4 Å². The topological polar surface area (TPSA) is 20.2 Å². The SMILES string of the molecule is Cc1cccc(Pc2c(C)cccc2CPc2ccccc2)c1O. The number of hydrogen-bond acceptors (Lipinski definition) is 1. The minimum absolute atomic E-state index is 0.440. The first-order valence-corrected chi connectivity index (χ1v) is 10.3. The van der Waals surface area contributed by atoms with Gasteiger partial charge in [-0.25, -0.2) is 0 Å². The summed E-state index contributed by atoms with van der Waals surface area (Å²) in [5.74, 6) is 0.440. The largest absolute Gasteiger partial charge is 0.507 e. The van der Waals surface area contributed by atoms with Gasteiger partial charge in [-0.2, -0.15) is 0 Å². The third-order valence-electron chi connectivity index (χ3n) is 4.11. The molecular weight excluding hydrogens is 330 g/mol. The van der Waals surface area contributed by atoms with E-state index < -0.39 is 0 Å². The quantitative estimate of drug-likeness (QED) is 0.684. The molecule has 24 heavy (non-hydrogen) atoms. The summed E-state index contributed by atoms with van der Waals surface area (Å²) in [6, 6.07) is 23.2. The molecular formula is C21H22OP2. The molecule has 3 rings (SSSR count). The maximum atomic E-state index is 10.4. The van der Waals surface area contributed by atoms with Crippen LogP contribution in [-0.2, 0) is 6.16 Å². The number of benzene rings is 3. The summed E-state index contributed by atoms with van der Waals surface area (Å²) in [5, 5.41) is 14.2. The van der Waals surface area contributed by atoms with Crippen molar-refractivity contribution in [3.8, 4) is 5.75 Å². The van der Waals surface area contributed by atoms with Crippen molar-refractivity contribution in [2.24, 2.45) is 0 Å². The van der Waals surface area contributed by atoms with Crippen LogP contribution < -0.4 is 15.9 Å². The summed E-state index contributed by atoms with van der Waals surface area (Å²) in [7, 11) is 1.26. The molecule has 1 nitrogen and oxygen atoms in total. The second-order valence-corrected chi connectivity index (χ2v) is 8.50. The van der Waals surface area contributed by atoms with Gasteiger partial charge < -0.3 is 5.11 Å². The molecule has 0 amide bonds. The second-order valence-electron chi connectivity index (χ2n) is 5.92. The van der Waals surface area contributed by atoms with Crippen molar-refractivity contribution in [1.82, 2.24) is 0 Å². The Kier molecular flexibility index (Phi) is 5.67. The Labute approximate surface area is 147 Å². The molecule has 1 N–H and O–H groups in total. The van der Waals surface area contributed by atoms with Crippen LogP contribution in [0.15, 0.2) is 66.7 Å². The number of aromatic hydroxyl groups is 1. The van der Waals surface area contributed by atoms with E-state index >= 15 is 0 Å². The first kappa shape index (κ1) is 17.2. The van der Waals surface area contributed by atoms with E-state index in [-0.39, 0.29) is 0 Å². The summed E-state index contributed by atoms with van der Waals surface area (Å²) in [6.45, 7) is 4.13. The van der Waals surface area contributed by atoms with Gasteiger partial charge in [0.05, 0.1) is 0 Å². The fraction of sp³-hybridized carbons (Fsp3) is 0.143. The van der Waals surface area contributed by atoms with Crippen molar-refractivity contribution < 1.29 is 5.11 Å². The summed E-state index contributed by atoms with van der Waals surface area (Å²) >= 11 is 0. The van der Waals surface area contributed by atoms with Crippen LogP contribution in [-0.4, -0.2) is 5.11 Å². The Hall–Kier alpha value is -1.68. The summed E-state index contributed by atoms with van der Waals surface area (Å²) in [6.07, 6.45) is 1.06. The lowest BCUT2D eigenvalue weighted by molar-refractivity contribution is 0.475. The molecule has 122 valence electrons. The molecule has 0 heterocycles. The van der Waals surface area contributed by atoms with Crippen molar-refractivity contribution in [2.75, 3.05) is 0 Å². The van der Waals surface area contributed by atoms with Gasteiger partial charge in [-0.1, -0.05) is 83.9 Å². The highest BCUT2D eigenvalue weighted by Gasteiger charge is 2.10. The zero-order valence-electron chi connectivity index (χ0n) is 14.0. The molecule has 0 aromatic heterocycles. The Bertz CT molecular complexity index is 828. The Morgan fingerprint density at radius 1 is 0.792 bits per heavy atom. The standard InChI is InChI=1S/C21H22OP2/c1-15-8-7-13-19(20(15)22)24-21-16(2)9-6-10-17(21)14-23-18-11-4-3-5-12-18/h3-13,22-24H,14H2,1-2H3. The van der Waals surface area contributed by atoms with Gasteiger partial charge >= 0.3 is 0 Å². The van der Waals surface area contributed by atoms with Gasteiger partial charge in [-0.3, -0.25) is 0 Å². The Morgan fingerprint density at radius 3 is 2.29 bits per heavy atom. The van der Waals surface area contributed by atoms with E-state index in [2.05, 4.69) is 55.5 Å². The first-order chi connectivity index (χ1) is 11.6. The normalized spacial score (nSPS) is 11.8. The number of para-hydroxylation sites is 1. The number of phenolic OH excluding ortho intramolecular Hbond substituents is 1. The highest BCUT2D eigenvalue weighted by Crippen LogP contribution is 2.27. The molecule has 3 aromatic carbocycles. The van der Waals surface area contributed by atoms with Crippen molar-refractivity contribution in [3.63, 3.8) is 0 Å². The van der Waals surface area contributed by atoms with E-state index in [0.29, 0.717) is 14.3 Å². The molecule has 0 spiro atoms. The number of aryl methyl sites for hydroxylation is 2. The number of phenols is 1. The van der Waals surface area contributed by atoms with Gasteiger partial charge in [0, 0.05) is 5.30 Å². The lowest BCUT2D eigenvalue weighted by Gasteiger charge is -2.14. The third kappa shape index (κ3) is 4.04. The molecule has 0 aliphatic rings. The maximum Gasteiger partial charge on any atom is 0.126 e. The molecule has 0 saturated carbocycles. The maximum absolute atomic E-state index is 10.4. The van der Waals surface area contributed by atoms with Crippen molar-refractivity contribution in [2.45, 2.75) is 20.0 Å². The molecule has 0 saturated heterocycles. The van der Waals surface area contributed by atoms with Crippen LogP contribution >= 0.6 is 17.2 Å². The average Bonchev–Trinajstić information content (AvgIpc) is 2.60. The van der Waals surface area contributed by atoms with E-state index in [1.807, 2.05) is 25.1 Å². The second kappa shape index (κ2) is 7.93. The molecule has 0 fully saturated rings. The Morgan fingerprint density at radius 2 is 1.50 bits per heavy atom. The van der Waals surface area contributed by atoms with Crippen LogP contribution in [0.25, 0.3) is 0 Å². The van der Waals surface area contributed by atoms with Crippen molar-refractivity contribution in [1.29, 1.82) is 0 Å². The molecule has 2 unspecified atom stereocenters. The minimum atomic E-state index is 0.440. The lowest BCUT2D eigenvalue weighted by atomic mass is 10.1. The fourth-order valence-corrected chi connectivity index (χ4v) is 5.37. The number of rotatable bonds is 5. The van der Waals surface area contributed by atoms with Gasteiger partial charge in [-0.15, -0.1) is 0 Å². The van der Waals surface area contributed by atoms with Crippen LogP contribution in [0.3, 0.4) is 0 Å². The highest BCUT2D eigenvalue weighted by molar-refractivity contribution is 7.56. The monoisotopic (exact) mass is 352 g/mol. The molecule has 3 heteroatoms. The van der Waals surface area contributed by atoms with E-state index in [9.17, 15) is 5.11 Å². The van der Waals surface area contributed by atoms with Gasteiger partial charge in [0.2, 0.25) is 0 Å². The molecule has 0 radical (unpaired) electrons. The van der Waals surface area contributed by atoms with E-state index in [1.165, 1.54) is 21.7 Å². The summed E-state index contributed by atoms with van der Waals surface area (Å²) in [4.78, 5) is 0. The van der Waals surface area contributed by atoms with Crippen LogP contribution in [0.5, 0.6) is 5.75 Å². The highest BCUT2D eigenvalue weighted by atomic mass is 31.1. The van der Waals surface area contributed by atoms with Crippen LogP contribution in [0.4, 0.5) is 0 Å². The molecule has 0 aliphatic heterocycles. The minimum Gasteiger partial charge on any atom is -0.507 e.